The Morgan fingerprint density at radius 3 is 2.68 bits per heavy atom. The molecule has 1 aliphatic rings. The molecule has 0 radical (unpaired) electrons. The zero-order chi connectivity index (χ0) is 22.1. The number of carbonyl (C=O) groups excluding carboxylic acids is 1. The van der Waals surface area contributed by atoms with Gasteiger partial charge in [0.15, 0.2) is 5.17 Å². The summed E-state index contributed by atoms with van der Waals surface area (Å²) in [4.78, 5) is 28.6. The first-order valence-corrected chi connectivity index (χ1v) is 10.5. The van der Waals surface area contributed by atoms with Crippen molar-refractivity contribution in [3.05, 3.63) is 80.9 Å². The number of hydrogen-bond donors (Lipinski definition) is 2. The number of amides is 1. The number of amidine groups is 1. The van der Waals surface area contributed by atoms with E-state index in [1.807, 2.05) is 32.0 Å². The molecular weight excluding hydrogens is 436 g/mol. The van der Waals surface area contributed by atoms with Crippen LogP contribution >= 0.6 is 23.4 Å². The van der Waals surface area contributed by atoms with E-state index >= 15 is 0 Å². The van der Waals surface area contributed by atoms with E-state index < -0.39 is 5.97 Å². The van der Waals surface area contributed by atoms with Crippen LogP contribution in [0.5, 0.6) is 0 Å². The monoisotopic (exact) mass is 452 g/mol. The number of furan rings is 1. The molecule has 4 rings (SSSR count). The molecule has 0 atom stereocenters. The van der Waals surface area contributed by atoms with Crippen molar-refractivity contribution >= 4 is 52.2 Å². The van der Waals surface area contributed by atoms with Crippen LogP contribution in [0.25, 0.3) is 17.4 Å². The molecule has 0 saturated carbocycles. The van der Waals surface area contributed by atoms with E-state index in [0.29, 0.717) is 27.2 Å². The van der Waals surface area contributed by atoms with Gasteiger partial charge in [-0.25, -0.2) is 9.79 Å². The van der Waals surface area contributed by atoms with Gasteiger partial charge in [-0.2, -0.15) is 0 Å². The van der Waals surface area contributed by atoms with Crippen molar-refractivity contribution in [1.82, 2.24) is 5.32 Å². The molecule has 8 heteroatoms. The van der Waals surface area contributed by atoms with Crippen LogP contribution in [0.2, 0.25) is 5.02 Å². The molecular formula is C23H17ClN2O4S. The van der Waals surface area contributed by atoms with Crippen LogP contribution in [-0.2, 0) is 4.79 Å². The van der Waals surface area contributed by atoms with Gasteiger partial charge in [0.1, 0.15) is 11.5 Å². The van der Waals surface area contributed by atoms with Gasteiger partial charge in [0.25, 0.3) is 5.91 Å². The minimum Gasteiger partial charge on any atom is -0.478 e. The smallest absolute Gasteiger partial charge is 0.337 e. The third kappa shape index (κ3) is 4.57. The van der Waals surface area contributed by atoms with E-state index in [0.717, 1.165) is 11.3 Å². The number of nitrogens with one attached hydrogen (secondary N) is 1. The zero-order valence-electron chi connectivity index (χ0n) is 16.6. The zero-order valence-corrected chi connectivity index (χ0v) is 18.2. The van der Waals surface area contributed by atoms with E-state index in [-0.39, 0.29) is 16.5 Å². The standard InChI is InChI=1S/C23H17ClN2O4S/c1-12-3-5-15(9-13(12)2)25-23-26-21(27)20(31-23)11-16-6-8-19(30-16)14-4-7-18(24)17(10-14)22(28)29/h3-11H,1-2H3,(H,28,29)(H,25,26,27)/b20-11+. The number of carbonyl (C=O) groups is 2. The van der Waals surface area contributed by atoms with Crippen LogP contribution in [0.1, 0.15) is 27.2 Å². The summed E-state index contributed by atoms with van der Waals surface area (Å²) in [6.07, 6.45) is 1.63. The van der Waals surface area contributed by atoms with E-state index in [4.69, 9.17) is 16.0 Å². The first-order chi connectivity index (χ1) is 14.8. The van der Waals surface area contributed by atoms with Gasteiger partial charge in [0, 0.05) is 11.6 Å². The molecule has 1 fully saturated rings. The number of carboxylic acids is 1. The molecule has 2 aromatic carbocycles. The van der Waals surface area contributed by atoms with Crippen LogP contribution in [0.15, 0.2) is 62.8 Å². The molecule has 6 nitrogen and oxygen atoms in total. The minimum atomic E-state index is -1.12. The Labute approximate surface area is 187 Å². The summed E-state index contributed by atoms with van der Waals surface area (Å²) in [7, 11) is 0. The highest BCUT2D eigenvalue weighted by Gasteiger charge is 2.24. The normalized spacial score (nSPS) is 16.2. The molecule has 0 unspecified atom stereocenters. The van der Waals surface area contributed by atoms with Gasteiger partial charge in [-0.3, -0.25) is 4.79 Å². The van der Waals surface area contributed by atoms with Crippen molar-refractivity contribution in [2.45, 2.75) is 13.8 Å². The molecule has 3 aromatic rings. The summed E-state index contributed by atoms with van der Waals surface area (Å²) in [6.45, 7) is 4.04. The Bertz CT molecular complexity index is 1280. The average Bonchev–Trinajstić information content (AvgIpc) is 3.32. The lowest BCUT2D eigenvalue weighted by molar-refractivity contribution is -0.115. The molecule has 1 aromatic heterocycles. The molecule has 0 spiro atoms. The minimum absolute atomic E-state index is 0.00612. The lowest BCUT2D eigenvalue weighted by Crippen LogP contribution is -2.19. The first-order valence-electron chi connectivity index (χ1n) is 9.30. The summed E-state index contributed by atoms with van der Waals surface area (Å²) in [5.74, 6) is -0.439. The largest absolute Gasteiger partial charge is 0.478 e. The molecule has 2 heterocycles. The lowest BCUT2D eigenvalue weighted by atomic mass is 10.1. The van der Waals surface area contributed by atoms with Gasteiger partial charge in [-0.1, -0.05) is 17.7 Å². The highest BCUT2D eigenvalue weighted by molar-refractivity contribution is 8.18. The van der Waals surface area contributed by atoms with E-state index in [9.17, 15) is 14.7 Å². The maximum Gasteiger partial charge on any atom is 0.337 e. The molecule has 156 valence electrons. The van der Waals surface area contributed by atoms with Crippen LogP contribution in [0.3, 0.4) is 0 Å². The predicted molar refractivity (Wildman–Crippen MR) is 123 cm³/mol. The number of thioether (sulfide) groups is 1. The topological polar surface area (TPSA) is 91.9 Å². The number of aliphatic imine (C=N–C) groups is 1. The Kier molecular flexibility index (Phi) is 5.71. The molecule has 0 aliphatic carbocycles. The van der Waals surface area contributed by atoms with Crippen LogP contribution < -0.4 is 5.32 Å². The SMILES string of the molecule is Cc1ccc(N=C2NC(=O)/C(=C\c3ccc(-c4ccc(Cl)c(C(=O)O)c4)o3)S2)cc1C. The molecule has 0 bridgehead atoms. The van der Waals surface area contributed by atoms with Crippen molar-refractivity contribution in [2.24, 2.45) is 4.99 Å². The predicted octanol–water partition coefficient (Wildman–Crippen LogP) is 5.81. The van der Waals surface area contributed by atoms with Crippen LogP contribution in [0.4, 0.5) is 5.69 Å². The van der Waals surface area contributed by atoms with Crippen molar-refractivity contribution in [1.29, 1.82) is 0 Å². The fourth-order valence-electron chi connectivity index (χ4n) is 2.95. The average molecular weight is 453 g/mol. The number of rotatable bonds is 4. The number of nitrogens with zero attached hydrogens (tertiary/aromatic N) is 1. The molecule has 2 N–H and O–H groups in total. The van der Waals surface area contributed by atoms with Crippen molar-refractivity contribution in [3.63, 3.8) is 0 Å². The molecule has 1 aliphatic heterocycles. The second-order valence-corrected chi connectivity index (χ2v) is 8.39. The number of halogens is 1. The third-order valence-electron chi connectivity index (χ3n) is 4.75. The second kappa shape index (κ2) is 8.45. The van der Waals surface area contributed by atoms with E-state index in [2.05, 4.69) is 10.3 Å². The van der Waals surface area contributed by atoms with Crippen LogP contribution in [-0.4, -0.2) is 22.2 Å². The number of aromatic carboxylic acids is 1. The third-order valence-corrected chi connectivity index (χ3v) is 5.99. The fourth-order valence-corrected chi connectivity index (χ4v) is 3.97. The lowest BCUT2D eigenvalue weighted by Gasteiger charge is -2.02. The number of carboxylic acid groups (broad SMARTS) is 1. The quantitative estimate of drug-likeness (QED) is 0.487. The van der Waals surface area contributed by atoms with Crippen molar-refractivity contribution < 1.29 is 19.1 Å². The van der Waals surface area contributed by atoms with Crippen LogP contribution in [0, 0.1) is 13.8 Å². The second-order valence-electron chi connectivity index (χ2n) is 6.95. The van der Waals surface area contributed by atoms with Gasteiger partial charge in [0.2, 0.25) is 0 Å². The Morgan fingerprint density at radius 1 is 1.13 bits per heavy atom. The van der Waals surface area contributed by atoms with Gasteiger partial charge < -0.3 is 14.8 Å². The molecule has 31 heavy (non-hydrogen) atoms. The summed E-state index contributed by atoms with van der Waals surface area (Å²) < 4.78 is 5.79. The first kappa shape index (κ1) is 21.0. The summed E-state index contributed by atoms with van der Waals surface area (Å²) in [5.41, 5.74) is 3.64. The fraction of sp³-hybridized carbons (Fsp3) is 0.0870. The van der Waals surface area contributed by atoms with Gasteiger partial charge >= 0.3 is 5.97 Å². The Balaban J connectivity index is 1.56. The van der Waals surface area contributed by atoms with Crippen molar-refractivity contribution in [3.8, 4) is 11.3 Å². The summed E-state index contributed by atoms with van der Waals surface area (Å²) in [6, 6.07) is 13.9. The summed E-state index contributed by atoms with van der Waals surface area (Å²) in [5, 5.41) is 12.6. The molecule has 1 amide bonds. The highest BCUT2D eigenvalue weighted by Crippen LogP contribution is 2.31. The Hall–Kier alpha value is -3.29. The maximum absolute atomic E-state index is 12.3. The van der Waals surface area contributed by atoms with Crippen molar-refractivity contribution in [2.75, 3.05) is 0 Å². The van der Waals surface area contributed by atoms with Gasteiger partial charge in [0.05, 0.1) is 21.2 Å². The number of hydrogen-bond acceptors (Lipinski definition) is 5. The summed E-state index contributed by atoms with van der Waals surface area (Å²) >= 11 is 7.15. The van der Waals surface area contributed by atoms with E-state index in [1.54, 1.807) is 24.3 Å². The highest BCUT2D eigenvalue weighted by atomic mass is 35.5. The van der Waals surface area contributed by atoms with Gasteiger partial charge in [-0.05, 0) is 79.2 Å². The maximum atomic E-state index is 12.3. The van der Waals surface area contributed by atoms with E-state index in [1.165, 1.54) is 29.5 Å². The number of aryl methyl sites for hydroxylation is 2. The van der Waals surface area contributed by atoms with Gasteiger partial charge in [-0.15, -0.1) is 0 Å². The number of benzene rings is 2. The Morgan fingerprint density at radius 2 is 1.94 bits per heavy atom. The molecule has 1 saturated heterocycles.